The lowest BCUT2D eigenvalue weighted by Crippen LogP contribution is -2.49. The molecule has 0 radical (unpaired) electrons. The van der Waals surface area contributed by atoms with Gasteiger partial charge in [-0.1, -0.05) is 40.2 Å². The highest BCUT2D eigenvalue weighted by Gasteiger charge is 2.43. The minimum absolute atomic E-state index is 0.139. The van der Waals surface area contributed by atoms with Crippen molar-refractivity contribution >= 4 is 28.0 Å². The van der Waals surface area contributed by atoms with Crippen LogP contribution in [0.3, 0.4) is 0 Å². The lowest BCUT2D eigenvalue weighted by Gasteiger charge is -2.43. The van der Waals surface area contributed by atoms with Crippen molar-refractivity contribution in [3.8, 4) is 0 Å². The van der Waals surface area contributed by atoms with Gasteiger partial charge in [0.1, 0.15) is 11.4 Å². The number of aliphatic carboxylic acids is 1. The van der Waals surface area contributed by atoms with Gasteiger partial charge in [-0.2, -0.15) is 0 Å². The summed E-state index contributed by atoms with van der Waals surface area (Å²) in [5.41, 5.74) is 0.512. The molecule has 0 bridgehead atoms. The highest BCUT2D eigenvalue weighted by Crippen LogP contribution is 2.40. The van der Waals surface area contributed by atoms with Crippen molar-refractivity contribution in [3.63, 3.8) is 0 Å². The van der Waals surface area contributed by atoms with Crippen LogP contribution in [0.25, 0.3) is 0 Å². The normalized spacial score (nSPS) is 20.5. The van der Waals surface area contributed by atoms with Crippen molar-refractivity contribution < 1.29 is 23.8 Å². The highest BCUT2D eigenvalue weighted by atomic mass is 79.9. The van der Waals surface area contributed by atoms with Gasteiger partial charge in [-0.05, 0) is 42.3 Å². The molecule has 1 aliphatic heterocycles. The number of ether oxygens (including phenoxy) is 1. The molecule has 0 saturated carbocycles. The van der Waals surface area contributed by atoms with Gasteiger partial charge in [0.05, 0.1) is 6.04 Å². The minimum Gasteiger partial charge on any atom is -0.481 e. The summed E-state index contributed by atoms with van der Waals surface area (Å²) >= 11 is 3.40. The molecule has 5 nitrogen and oxygen atoms in total. The molecule has 2 atom stereocenters. The van der Waals surface area contributed by atoms with Gasteiger partial charge in [-0.15, -0.1) is 0 Å². The van der Waals surface area contributed by atoms with Gasteiger partial charge in [0.15, 0.2) is 0 Å². The molecule has 1 aliphatic rings. The van der Waals surface area contributed by atoms with E-state index in [-0.39, 0.29) is 18.9 Å². The number of hydrogen-bond donors (Lipinski definition) is 1. The second-order valence-corrected chi connectivity index (χ2v) is 7.85. The van der Waals surface area contributed by atoms with Gasteiger partial charge in [-0.3, -0.25) is 4.79 Å². The molecule has 0 spiro atoms. The molecule has 1 fully saturated rings. The fraction of sp³-hybridized carbons (Fsp3) is 0.333. The van der Waals surface area contributed by atoms with Crippen molar-refractivity contribution in [2.45, 2.75) is 37.8 Å². The molecule has 3 rings (SSSR count). The molecule has 1 amide bonds. The van der Waals surface area contributed by atoms with Gasteiger partial charge in [0.25, 0.3) is 0 Å². The molecule has 2 aromatic carbocycles. The van der Waals surface area contributed by atoms with Gasteiger partial charge < -0.3 is 14.7 Å². The Morgan fingerprint density at radius 1 is 1.25 bits per heavy atom. The second-order valence-electron chi connectivity index (χ2n) is 6.93. The molecule has 0 unspecified atom stereocenters. The van der Waals surface area contributed by atoms with Crippen LogP contribution >= 0.6 is 15.9 Å². The van der Waals surface area contributed by atoms with Crippen LogP contribution in [0.5, 0.6) is 0 Å². The first-order chi connectivity index (χ1) is 13.3. The van der Waals surface area contributed by atoms with Crippen LogP contribution in [0.1, 0.15) is 43.4 Å². The first-order valence-corrected chi connectivity index (χ1v) is 9.83. The molecule has 148 valence electrons. The number of amides is 1. The number of carbonyl (C=O) groups excluding carboxylic acids is 1. The monoisotopic (exact) mass is 449 g/mol. The SMILES string of the molecule is C[C@@H](c1ccc(Br)cc1)N1CC[C@](CCC(=O)O)(c2ccc(F)cc2)OC1=O. The van der Waals surface area contributed by atoms with Crippen molar-refractivity contribution in [1.82, 2.24) is 4.90 Å². The van der Waals surface area contributed by atoms with Crippen LogP contribution in [0, 0.1) is 5.82 Å². The van der Waals surface area contributed by atoms with E-state index in [1.165, 1.54) is 12.1 Å². The number of hydrogen-bond acceptors (Lipinski definition) is 3. The van der Waals surface area contributed by atoms with E-state index in [1.54, 1.807) is 17.0 Å². The maximum absolute atomic E-state index is 13.3. The summed E-state index contributed by atoms with van der Waals surface area (Å²) in [5.74, 6) is -1.37. The van der Waals surface area contributed by atoms with Gasteiger partial charge in [0, 0.05) is 30.3 Å². The number of rotatable bonds is 6. The zero-order valence-electron chi connectivity index (χ0n) is 15.4. The fourth-order valence-electron chi connectivity index (χ4n) is 3.53. The molecule has 2 aromatic rings. The van der Waals surface area contributed by atoms with E-state index in [9.17, 15) is 14.0 Å². The van der Waals surface area contributed by atoms with E-state index in [0.29, 0.717) is 18.5 Å². The molecule has 7 heteroatoms. The van der Waals surface area contributed by atoms with Gasteiger partial charge in [0.2, 0.25) is 0 Å². The number of carboxylic acid groups (broad SMARTS) is 1. The molecule has 1 N–H and O–H groups in total. The molecule has 0 aliphatic carbocycles. The summed E-state index contributed by atoms with van der Waals surface area (Å²) in [6.07, 6.45) is -0.0811. The summed E-state index contributed by atoms with van der Waals surface area (Å²) in [5, 5.41) is 9.11. The lowest BCUT2D eigenvalue weighted by atomic mass is 9.84. The number of halogens is 2. The molecule has 28 heavy (non-hydrogen) atoms. The van der Waals surface area contributed by atoms with E-state index in [2.05, 4.69) is 15.9 Å². The quantitative estimate of drug-likeness (QED) is 0.653. The number of carbonyl (C=O) groups is 2. The Kier molecular flexibility index (Phi) is 6.03. The molecular formula is C21H21BrFNO4. The predicted molar refractivity (Wildman–Crippen MR) is 105 cm³/mol. The zero-order valence-corrected chi connectivity index (χ0v) is 17.0. The van der Waals surface area contributed by atoms with Crippen LogP contribution < -0.4 is 0 Å². The lowest BCUT2D eigenvalue weighted by molar-refractivity contribution is -0.139. The third-order valence-corrected chi connectivity index (χ3v) is 5.74. The number of cyclic esters (lactones) is 1. The average molecular weight is 450 g/mol. The molecule has 1 heterocycles. The Bertz CT molecular complexity index is 856. The topological polar surface area (TPSA) is 66.8 Å². The van der Waals surface area contributed by atoms with Crippen molar-refractivity contribution in [2.24, 2.45) is 0 Å². The Hall–Kier alpha value is -2.41. The average Bonchev–Trinajstić information content (AvgIpc) is 2.67. The maximum Gasteiger partial charge on any atom is 0.411 e. The van der Waals surface area contributed by atoms with Gasteiger partial charge >= 0.3 is 12.1 Å². The number of carboxylic acids is 1. The third-order valence-electron chi connectivity index (χ3n) is 5.21. The summed E-state index contributed by atoms with van der Waals surface area (Å²) in [7, 11) is 0. The minimum atomic E-state index is -1.07. The van der Waals surface area contributed by atoms with Crippen LogP contribution in [0.15, 0.2) is 53.0 Å². The largest absolute Gasteiger partial charge is 0.481 e. The fourth-order valence-corrected chi connectivity index (χ4v) is 3.79. The van der Waals surface area contributed by atoms with Crippen molar-refractivity contribution in [3.05, 3.63) is 69.9 Å². The molecule has 0 aromatic heterocycles. The maximum atomic E-state index is 13.3. The first-order valence-electron chi connectivity index (χ1n) is 9.04. The smallest absolute Gasteiger partial charge is 0.411 e. The van der Waals surface area contributed by atoms with Crippen molar-refractivity contribution in [2.75, 3.05) is 6.54 Å². The van der Waals surface area contributed by atoms with E-state index in [0.717, 1.165) is 10.0 Å². The summed E-state index contributed by atoms with van der Waals surface area (Å²) in [4.78, 5) is 25.6. The zero-order chi connectivity index (χ0) is 20.3. The Morgan fingerprint density at radius 2 is 1.89 bits per heavy atom. The summed E-state index contributed by atoms with van der Waals surface area (Å²) in [6, 6.07) is 13.2. The highest BCUT2D eigenvalue weighted by molar-refractivity contribution is 9.10. The van der Waals surface area contributed by atoms with E-state index in [4.69, 9.17) is 9.84 Å². The van der Waals surface area contributed by atoms with Crippen LogP contribution in [0.4, 0.5) is 9.18 Å². The van der Waals surface area contributed by atoms with Crippen molar-refractivity contribution in [1.29, 1.82) is 0 Å². The standard InChI is InChI=1S/C21H21BrFNO4/c1-14(15-2-6-17(22)7-3-15)24-13-12-21(28-20(24)27,11-10-19(25)26)16-4-8-18(23)9-5-16/h2-9,14H,10-13H2,1H3,(H,25,26)/t14-,21+/m0/s1. The van der Waals surface area contributed by atoms with Crippen LogP contribution in [-0.2, 0) is 15.1 Å². The van der Waals surface area contributed by atoms with E-state index >= 15 is 0 Å². The molecule has 1 saturated heterocycles. The summed E-state index contributed by atoms with van der Waals surface area (Å²) < 4.78 is 20.1. The van der Waals surface area contributed by atoms with E-state index in [1.807, 2.05) is 31.2 Å². The number of nitrogens with zero attached hydrogens (tertiary/aromatic N) is 1. The third kappa shape index (κ3) is 4.35. The first kappa shape index (κ1) is 20.3. The Morgan fingerprint density at radius 3 is 2.46 bits per heavy atom. The van der Waals surface area contributed by atoms with Crippen LogP contribution in [0.2, 0.25) is 0 Å². The Labute approximate surface area is 171 Å². The second kappa shape index (κ2) is 8.31. The Balaban J connectivity index is 1.83. The predicted octanol–water partition coefficient (Wildman–Crippen LogP) is 5.25. The molecular weight excluding hydrogens is 429 g/mol. The van der Waals surface area contributed by atoms with Gasteiger partial charge in [-0.25, -0.2) is 9.18 Å². The number of benzene rings is 2. The van der Waals surface area contributed by atoms with E-state index < -0.39 is 23.5 Å². The van der Waals surface area contributed by atoms with Crippen LogP contribution in [-0.4, -0.2) is 28.6 Å². The summed E-state index contributed by atoms with van der Waals surface area (Å²) in [6.45, 7) is 2.33.